The van der Waals surface area contributed by atoms with Gasteiger partial charge in [0.1, 0.15) is 0 Å². The summed E-state index contributed by atoms with van der Waals surface area (Å²) in [6.45, 7) is 25.5. The van der Waals surface area contributed by atoms with Crippen LogP contribution in [0, 0.1) is 54.4 Å². The van der Waals surface area contributed by atoms with Crippen molar-refractivity contribution in [3.05, 3.63) is 121 Å². The van der Waals surface area contributed by atoms with Crippen molar-refractivity contribution in [2.75, 3.05) is 0 Å². The average molecular weight is 463 g/mol. The second-order valence-corrected chi connectivity index (χ2v) is 11.1. The molecule has 35 heavy (non-hydrogen) atoms. The van der Waals surface area contributed by atoms with Gasteiger partial charge in [-0.25, -0.2) is 0 Å². The van der Waals surface area contributed by atoms with Crippen LogP contribution in [0.1, 0.15) is 83.3 Å². The van der Waals surface area contributed by atoms with E-state index < -0.39 is 0 Å². The quantitative estimate of drug-likeness (QED) is 0.363. The van der Waals surface area contributed by atoms with Crippen molar-refractivity contribution in [2.45, 2.75) is 81.6 Å². The smallest absolute Gasteiger partial charge is 0.0482 e. The molecular weight excluding hydrogens is 420 g/mol. The zero-order chi connectivity index (χ0) is 25.8. The zero-order valence-corrected chi connectivity index (χ0v) is 23.7. The van der Waals surface area contributed by atoms with Gasteiger partial charge in [0.2, 0.25) is 0 Å². The number of allylic oxidation sites excluding steroid dienone is 4. The Labute approximate surface area is 213 Å². The minimum absolute atomic E-state index is 0.222. The molecule has 3 aromatic carbocycles. The van der Waals surface area contributed by atoms with E-state index in [1.807, 2.05) is 0 Å². The third kappa shape index (κ3) is 3.65. The largest absolute Gasteiger partial charge is 0.0654 e. The summed E-state index contributed by atoms with van der Waals surface area (Å²) in [6.07, 6.45) is 0. The van der Waals surface area contributed by atoms with E-state index >= 15 is 0 Å². The average Bonchev–Trinajstić information content (AvgIpc) is 2.84. The summed E-state index contributed by atoms with van der Waals surface area (Å²) in [5.41, 5.74) is 19.5. The van der Waals surface area contributed by atoms with Gasteiger partial charge in [-0.15, -0.1) is 0 Å². The van der Waals surface area contributed by atoms with Crippen LogP contribution >= 0.6 is 0 Å². The molecule has 0 nitrogen and oxygen atoms in total. The summed E-state index contributed by atoms with van der Waals surface area (Å²) in [4.78, 5) is 0. The lowest BCUT2D eigenvalue weighted by Crippen LogP contribution is -2.41. The van der Waals surface area contributed by atoms with Gasteiger partial charge in [0.25, 0.3) is 0 Å². The Balaban J connectivity index is 2.22. The third-order valence-corrected chi connectivity index (χ3v) is 9.58. The molecule has 1 aliphatic rings. The Morgan fingerprint density at radius 3 is 1.71 bits per heavy atom. The van der Waals surface area contributed by atoms with Crippen molar-refractivity contribution >= 4 is 5.57 Å². The van der Waals surface area contributed by atoms with Crippen LogP contribution in [0.15, 0.2) is 65.3 Å². The third-order valence-electron chi connectivity index (χ3n) is 9.58. The van der Waals surface area contributed by atoms with Crippen LogP contribution < -0.4 is 0 Å². The van der Waals surface area contributed by atoms with Gasteiger partial charge in [-0.1, -0.05) is 61.0 Å². The van der Waals surface area contributed by atoms with E-state index in [1.54, 1.807) is 0 Å². The first-order valence-electron chi connectivity index (χ1n) is 13.0. The molecule has 0 N–H and O–H groups in total. The van der Waals surface area contributed by atoms with Gasteiger partial charge in [0.05, 0.1) is 0 Å². The van der Waals surface area contributed by atoms with Crippen LogP contribution in [-0.4, -0.2) is 0 Å². The maximum Gasteiger partial charge on any atom is 0.0482 e. The second-order valence-electron chi connectivity index (χ2n) is 11.1. The Hall–Kier alpha value is -2.86. The van der Waals surface area contributed by atoms with Gasteiger partial charge in [0.15, 0.2) is 0 Å². The van der Waals surface area contributed by atoms with Gasteiger partial charge in [-0.05, 0) is 148 Å². The molecule has 0 fully saturated rings. The number of aryl methyl sites for hydroxylation is 3. The summed E-state index contributed by atoms with van der Waals surface area (Å²) >= 11 is 0. The lowest BCUT2D eigenvalue weighted by atomic mass is 9.54. The highest BCUT2D eigenvalue weighted by atomic mass is 14.5. The first-order chi connectivity index (χ1) is 16.4. The van der Waals surface area contributed by atoms with E-state index in [0.29, 0.717) is 5.92 Å². The van der Waals surface area contributed by atoms with Gasteiger partial charge in [0, 0.05) is 5.41 Å². The fourth-order valence-corrected chi connectivity index (χ4v) is 6.64. The topological polar surface area (TPSA) is 0 Å². The van der Waals surface area contributed by atoms with Crippen LogP contribution in [0.5, 0.6) is 0 Å². The van der Waals surface area contributed by atoms with Crippen molar-refractivity contribution in [3.8, 4) is 0 Å². The Bertz CT molecular complexity index is 1350. The standard InChI is InChI=1S/C35H42/c1-20-17-31(18-21(2)23(20)4)34-28(9)26(7)29(10)35(30(34)11,32-15-13-12-14-16-32)33-19-22(3)24(5)25(6)27(33)8/h12-19,29H,1-11H3. The van der Waals surface area contributed by atoms with Crippen LogP contribution in [0.25, 0.3) is 5.57 Å². The van der Waals surface area contributed by atoms with Crippen molar-refractivity contribution in [1.29, 1.82) is 0 Å². The van der Waals surface area contributed by atoms with Gasteiger partial charge < -0.3 is 0 Å². The monoisotopic (exact) mass is 462 g/mol. The predicted octanol–water partition coefficient (Wildman–Crippen LogP) is 9.59. The molecule has 0 aromatic heterocycles. The predicted molar refractivity (Wildman–Crippen MR) is 153 cm³/mol. The van der Waals surface area contributed by atoms with Crippen molar-refractivity contribution < 1.29 is 0 Å². The van der Waals surface area contributed by atoms with E-state index in [2.05, 4.69) is 125 Å². The molecule has 0 radical (unpaired) electrons. The van der Waals surface area contributed by atoms with Crippen LogP contribution in [0.2, 0.25) is 0 Å². The molecule has 182 valence electrons. The number of benzene rings is 3. The van der Waals surface area contributed by atoms with Gasteiger partial charge >= 0.3 is 0 Å². The molecule has 2 atom stereocenters. The highest BCUT2D eigenvalue weighted by Gasteiger charge is 2.47. The zero-order valence-electron chi connectivity index (χ0n) is 23.7. The summed E-state index contributed by atoms with van der Waals surface area (Å²) < 4.78 is 0. The summed E-state index contributed by atoms with van der Waals surface area (Å²) in [5.74, 6) is 0.349. The summed E-state index contributed by atoms with van der Waals surface area (Å²) in [6, 6.07) is 18.6. The van der Waals surface area contributed by atoms with E-state index in [0.717, 1.165) is 0 Å². The van der Waals surface area contributed by atoms with Crippen LogP contribution in [0.4, 0.5) is 0 Å². The Morgan fingerprint density at radius 2 is 1.14 bits per heavy atom. The Kier molecular flexibility index (Phi) is 6.47. The molecule has 0 saturated heterocycles. The molecule has 0 amide bonds. The lowest BCUT2D eigenvalue weighted by Gasteiger charge is -2.48. The molecule has 2 unspecified atom stereocenters. The minimum Gasteiger partial charge on any atom is -0.0654 e. The fraction of sp³-hybridized carbons (Fsp3) is 0.371. The van der Waals surface area contributed by atoms with Crippen molar-refractivity contribution in [3.63, 3.8) is 0 Å². The van der Waals surface area contributed by atoms with E-state index in [1.165, 1.54) is 77.9 Å². The molecule has 3 aromatic rings. The van der Waals surface area contributed by atoms with E-state index in [9.17, 15) is 0 Å². The molecule has 0 bridgehead atoms. The van der Waals surface area contributed by atoms with E-state index in [-0.39, 0.29) is 5.41 Å². The summed E-state index contributed by atoms with van der Waals surface area (Å²) in [7, 11) is 0. The molecule has 0 spiro atoms. The second kappa shape index (κ2) is 8.98. The first kappa shape index (κ1) is 25.2. The first-order valence-corrected chi connectivity index (χ1v) is 13.0. The molecule has 0 aliphatic heterocycles. The maximum atomic E-state index is 2.49. The fourth-order valence-electron chi connectivity index (χ4n) is 6.64. The number of hydrogen-bond donors (Lipinski definition) is 0. The van der Waals surface area contributed by atoms with Crippen molar-refractivity contribution in [1.82, 2.24) is 0 Å². The molecule has 4 rings (SSSR count). The number of rotatable bonds is 3. The highest BCUT2D eigenvalue weighted by molar-refractivity contribution is 5.87. The van der Waals surface area contributed by atoms with Crippen molar-refractivity contribution in [2.24, 2.45) is 5.92 Å². The van der Waals surface area contributed by atoms with Crippen LogP contribution in [-0.2, 0) is 5.41 Å². The highest BCUT2D eigenvalue weighted by Crippen LogP contribution is 2.56. The SMILES string of the molecule is CC1=C(C)C(C)C(c2ccccc2)(c2cc(C)c(C)c(C)c2C)C(C)=C1c1cc(C)c(C)c(C)c1. The normalized spacial score (nSPS) is 20.6. The van der Waals surface area contributed by atoms with Gasteiger partial charge in [-0.2, -0.15) is 0 Å². The molecule has 1 aliphatic carbocycles. The molecule has 0 heteroatoms. The molecule has 0 saturated carbocycles. The van der Waals surface area contributed by atoms with E-state index in [4.69, 9.17) is 0 Å². The molecular formula is C35H42. The van der Waals surface area contributed by atoms with Crippen LogP contribution in [0.3, 0.4) is 0 Å². The summed E-state index contributed by atoms with van der Waals surface area (Å²) in [5, 5.41) is 0. The lowest BCUT2D eigenvalue weighted by molar-refractivity contribution is 0.440. The maximum absolute atomic E-state index is 2.49. The minimum atomic E-state index is -0.222. The molecule has 0 heterocycles. The van der Waals surface area contributed by atoms with Gasteiger partial charge in [-0.3, -0.25) is 0 Å². The Morgan fingerprint density at radius 1 is 0.600 bits per heavy atom. The number of hydrogen-bond acceptors (Lipinski definition) is 0.